The zero-order chi connectivity index (χ0) is 21.0. The van der Waals surface area contributed by atoms with E-state index in [0.717, 1.165) is 24.7 Å². The van der Waals surface area contributed by atoms with Crippen molar-refractivity contribution in [2.75, 3.05) is 0 Å². The second-order valence-corrected chi connectivity index (χ2v) is 11.6. The molecule has 0 aromatic heterocycles. The van der Waals surface area contributed by atoms with E-state index >= 15 is 0 Å². The van der Waals surface area contributed by atoms with Crippen LogP contribution in [0.25, 0.3) is 0 Å². The van der Waals surface area contributed by atoms with E-state index in [-0.39, 0.29) is 11.2 Å². The van der Waals surface area contributed by atoms with Gasteiger partial charge in [0.15, 0.2) is 5.78 Å². The Hall–Kier alpha value is -1.18. The molecule has 0 aromatic carbocycles. The Morgan fingerprint density at radius 3 is 2.66 bits per heavy atom. The zero-order valence-corrected chi connectivity index (χ0v) is 19.0. The topological polar surface area (TPSA) is 17.1 Å². The van der Waals surface area contributed by atoms with Gasteiger partial charge in [-0.25, -0.2) is 4.39 Å². The predicted molar refractivity (Wildman–Crippen MR) is 118 cm³/mol. The molecular weight excluding hydrogens is 359 g/mol. The van der Waals surface area contributed by atoms with Crippen molar-refractivity contribution in [2.45, 2.75) is 85.2 Å². The number of fused-ring (bicyclic) bond motifs is 5. The SMILES string of the molecule is C[C@H](CCCC(C)(C)F)[C@H]1CC[C@H]2[C@@H]3C=CC4=CC(=O)C=C[C@]4(C)[C@H]3CC[C@]12C. The van der Waals surface area contributed by atoms with Crippen molar-refractivity contribution >= 4 is 5.78 Å². The number of halogens is 1. The van der Waals surface area contributed by atoms with Gasteiger partial charge in [0.2, 0.25) is 0 Å². The monoisotopic (exact) mass is 398 g/mol. The molecule has 0 radical (unpaired) electrons. The number of ketones is 1. The molecule has 0 amide bonds. The molecule has 0 spiro atoms. The first-order valence-electron chi connectivity index (χ1n) is 11.9. The van der Waals surface area contributed by atoms with E-state index < -0.39 is 5.67 Å². The lowest BCUT2D eigenvalue weighted by atomic mass is 9.49. The highest BCUT2D eigenvalue weighted by Gasteiger charge is 2.58. The maximum absolute atomic E-state index is 13.9. The van der Waals surface area contributed by atoms with E-state index in [1.807, 2.05) is 6.08 Å². The Balaban J connectivity index is 1.51. The van der Waals surface area contributed by atoms with Crippen LogP contribution in [-0.4, -0.2) is 11.5 Å². The molecule has 4 aliphatic rings. The van der Waals surface area contributed by atoms with Crippen molar-refractivity contribution < 1.29 is 9.18 Å². The first-order chi connectivity index (χ1) is 13.5. The van der Waals surface area contributed by atoms with Crippen LogP contribution >= 0.6 is 0 Å². The number of hydrogen-bond donors (Lipinski definition) is 0. The fraction of sp³-hybridized carbons (Fsp3) is 0.741. The Bertz CT molecular complexity index is 753. The second-order valence-electron chi connectivity index (χ2n) is 11.6. The van der Waals surface area contributed by atoms with Crippen molar-refractivity contribution in [1.82, 2.24) is 0 Å². The standard InChI is InChI=1S/C27H39FO/c1-18(7-6-14-25(2,3)28)22-10-11-23-21-9-8-19-17-20(29)12-15-26(19,4)24(21)13-16-27(22,23)5/h8-9,12,15,17-18,21-24H,6-7,10-11,13-14,16H2,1-5H3/t18-,21+,22-,23+,24+,26+,27-/m1/s1. The molecule has 0 aromatic rings. The average molecular weight is 399 g/mol. The minimum absolute atomic E-state index is 0.0189. The maximum atomic E-state index is 13.9. The largest absolute Gasteiger partial charge is 0.290 e. The molecule has 1 nitrogen and oxygen atoms in total. The predicted octanol–water partition coefficient (Wildman–Crippen LogP) is 7.24. The highest BCUT2D eigenvalue weighted by Crippen LogP contribution is 2.65. The number of carbonyl (C=O) groups excluding carboxylic acids is 1. The summed E-state index contributed by atoms with van der Waals surface area (Å²) in [5.74, 6) is 3.55. The molecule has 4 rings (SSSR count). The Labute approximate surface area is 176 Å². The molecule has 4 aliphatic carbocycles. The average Bonchev–Trinajstić information content (AvgIpc) is 2.98. The van der Waals surface area contributed by atoms with E-state index in [1.54, 1.807) is 19.9 Å². The number of hydrogen-bond acceptors (Lipinski definition) is 1. The van der Waals surface area contributed by atoms with Crippen LogP contribution in [0.15, 0.2) is 36.0 Å². The van der Waals surface area contributed by atoms with Crippen LogP contribution in [0.2, 0.25) is 0 Å². The van der Waals surface area contributed by atoms with Crippen LogP contribution in [-0.2, 0) is 4.79 Å². The lowest BCUT2D eigenvalue weighted by Gasteiger charge is -2.55. The van der Waals surface area contributed by atoms with Gasteiger partial charge in [0.1, 0.15) is 5.67 Å². The first-order valence-corrected chi connectivity index (χ1v) is 11.9. The number of carbonyl (C=O) groups is 1. The summed E-state index contributed by atoms with van der Waals surface area (Å²) in [6, 6.07) is 0. The third-order valence-corrected chi connectivity index (χ3v) is 9.31. The van der Waals surface area contributed by atoms with Gasteiger partial charge < -0.3 is 0 Å². The van der Waals surface area contributed by atoms with E-state index in [2.05, 4.69) is 39.0 Å². The summed E-state index contributed by atoms with van der Waals surface area (Å²) in [6.07, 6.45) is 18.6. The van der Waals surface area contributed by atoms with Crippen molar-refractivity contribution in [3.05, 3.63) is 36.0 Å². The smallest absolute Gasteiger partial charge is 0.178 e. The first kappa shape index (κ1) is 21.1. The van der Waals surface area contributed by atoms with Crippen molar-refractivity contribution in [2.24, 2.45) is 40.4 Å². The molecule has 160 valence electrons. The van der Waals surface area contributed by atoms with Crippen LogP contribution in [0.1, 0.15) is 79.6 Å². The van der Waals surface area contributed by atoms with Crippen LogP contribution in [0.5, 0.6) is 0 Å². The molecule has 2 fully saturated rings. The third kappa shape index (κ3) is 3.59. The molecule has 29 heavy (non-hydrogen) atoms. The summed E-state index contributed by atoms with van der Waals surface area (Å²) in [5, 5.41) is 0. The second kappa shape index (κ2) is 7.20. The van der Waals surface area contributed by atoms with Gasteiger partial charge in [0.05, 0.1) is 0 Å². The van der Waals surface area contributed by atoms with Crippen molar-refractivity contribution in [3.63, 3.8) is 0 Å². The summed E-state index contributed by atoms with van der Waals surface area (Å²) in [6.45, 7) is 10.7. The van der Waals surface area contributed by atoms with Gasteiger partial charge in [-0.05, 0) is 98.7 Å². The van der Waals surface area contributed by atoms with E-state index in [0.29, 0.717) is 29.6 Å². The maximum Gasteiger partial charge on any atom is 0.178 e. The van der Waals surface area contributed by atoms with Crippen LogP contribution in [0.3, 0.4) is 0 Å². The van der Waals surface area contributed by atoms with Gasteiger partial charge in [-0.15, -0.1) is 0 Å². The number of alkyl halides is 1. The summed E-state index contributed by atoms with van der Waals surface area (Å²) in [5.41, 5.74) is 0.599. The summed E-state index contributed by atoms with van der Waals surface area (Å²) in [4.78, 5) is 11.9. The lowest BCUT2D eigenvalue weighted by molar-refractivity contribution is -0.110. The van der Waals surface area contributed by atoms with Crippen molar-refractivity contribution in [3.8, 4) is 0 Å². The van der Waals surface area contributed by atoms with Crippen molar-refractivity contribution in [1.29, 1.82) is 0 Å². The Kier molecular flexibility index (Phi) is 5.23. The van der Waals surface area contributed by atoms with Gasteiger partial charge in [0, 0.05) is 5.41 Å². The van der Waals surface area contributed by atoms with Crippen LogP contribution in [0.4, 0.5) is 4.39 Å². The minimum Gasteiger partial charge on any atom is -0.290 e. The molecule has 2 saturated carbocycles. The third-order valence-electron chi connectivity index (χ3n) is 9.31. The molecule has 0 aliphatic heterocycles. The summed E-state index contributed by atoms with van der Waals surface area (Å²) < 4.78 is 13.9. The molecule has 0 unspecified atom stereocenters. The fourth-order valence-electron chi connectivity index (χ4n) is 7.67. The molecule has 0 bridgehead atoms. The lowest BCUT2D eigenvalue weighted by Crippen LogP contribution is -2.48. The quantitative estimate of drug-likeness (QED) is 0.477. The van der Waals surface area contributed by atoms with Gasteiger partial charge in [-0.3, -0.25) is 4.79 Å². The van der Waals surface area contributed by atoms with E-state index in [9.17, 15) is 9.18 Å². The normalized spacial score (nSPS) is 42.1. The molecular formula is C27H39FO. The van der Waals surface area contributed by atoms with Crippen LogP contribution < -0.4 is 0 Å². The number of rotatable bonds is 5. The molecule has 7 atom stereocenters. The molecule has 0 saturated heterocycles. The van der Waals surface area contributed by atoms with E-state index in [1.165, 1.54) is 31.3 Å². The molecule has 0 N–H and O–H groups in total. The van der Waals surface area contributed by atoms with Gasteiger partial charge in [0.25, 0.3) is 0 Å². The van der Waals surface area contributed by atoms with Gasteiger partial charge >= 0.3 is 0 Å². The van der Waals surface area contributed by atoms with E-state index in [4.69, 9.17) is 0 Å². The van der Waals surface area contributed by atoms with Gasteiger partial charge in [-0.1, -0.05) is 51.8 Å². The number of allylic oxidation sites excluding steroid dienone is 6. The summed E-state index contributed by atoms with van der Waals surface area (Å²) >= 11 is 0. The Morgan fingerprint density at radius 2 is 1.93 bits per heavy atom. The summed E-state index contributed by atoms with van der Waals surface area (Å²) in [7, 11) is 0. The van der Waals surface area contributed by atoms with Gasteiger partial charge in [-0.2, -0.15) is 0 Å². The van der Waals surface area contributed by atoms with Crippen LogP contribution in [0, 0.1) is 40.4 Å². The molecule has 0 heterocycles. The highest BCUT2D eigenvalue weighted by molar-refractivity contribution is 6.01. The zero-order valence-electron chi connectivity index (χ0n) is 19.0. The highest BCUT2D eigenvalue weighted by atomic mass is 19.1. The Morgan fingerprint density at radius 1 is 1.17 bits per heavy atom. The molecule has 2 heteroatoms. The minimum atomic E-state index is -1.04. The fourth-order valence-corrected chi connectivity index (χ4v) is 7.67.